The van der Waals surface area contributed by atoms with Crippen molar-refractivity contribution in [1.29, 1.82) is 0 Å². The normalized spacial score (nSPS) is 11.1. The van der Waals surface area contributed by atoms with Crippen LogP contribution in [-0.2, 0) is 10.0 Å². The van der Waals surface area contributed by atoms with E-state index >= 15 is 0 Å². The maximum absolute atomic E-state index is 12.4. The van der Waals surface area contributed by atoms with Crippen LogP contribution in [-0.4, -0.2) is 29.5 Å². The molecule has 0 unspecified atom stereocenters. The van der Waals surface area contributed by atoms with Gasteiger partial charge in [-0.2, -0.15) is 0 Å². The SMILES string of the molecule is Cc1ccnc(-c2ccc(NS(=O)(=O)c3ccc(C(=O)O)cc3)cc2)n1. The number of hydrogen-bond acceptors (Lipinski definition) is 5. The van der Waals surface area contributed by atoms with Gasteiger partial charge < -0.3 is 5.11 Å². The first kappa shape index (κ1) is 17.6. The second kappa shape index (κ2) is 6.93. The largest absolute Gasteiger partial charge is 0.478 e. The summed E-state index contributed by atoms with van der Waals surface area (Å²) in [6.45, 7) is 1.86. The summed E-state index contributed by atoms with van der Waals surface area (Å²) in [6.07, 6.45) is 1.66. The Morgan fingerprint density at radius 1 is 1.00 bits per heavy atom. The van der Waals surface area contributed by atoms with Gasteiger partial charge in [0.25, 0.3) is 10.0 Å². The summed E-state index contributed by atoms with van der Waals surface area (Å²) in [5, 5.41) is 8.88. The first-order valence-corrected chi connectivity index (χ1v) is 9.10. The van der Waals surface area contributed by atoms with E-state index in [1.165, 1.54) is 24.3 Å². The second-order valence-electron chi connectivity index (χ2n) is 5.53. The van der Waals surface area contributed by atoms with Crippen molar-refractivity contribution in [2.24, 2.45) is 0 Å². The van der Waals surface area contributed by atoms with Gasteiger partial charge in [0, 0.05) is 23.1 Å². The van der Waals surface area contributed by atoms with Crippen LogP contribution < -0.4 is 4.72 Å². The van der Waals surface area contributed by atoms with E-state index in [4.69, 9.17) is 5.11 Å². The summed E-state index contributed by atoms with van der Waals surface area (Å²) in [5.74, 6) is -0.556. The molecule has 0 aliphatic heterocycles. The Labute approximate surface area is 150 Å². The van der Waals surface area contributed by atoms with Crippen molar-refractivity contribution < 1.29 is 18.3 Å². The zero-order valence-corrected chi connectivity index (χ0v) is 14.6. The highest BCUT2D eigenvalue weighted by atomic mass is 32.2. The standard InChI is InChI=1S/C18H15N3O4S/c1-12-10-11-19-17(20-12)13-2-6-15(7-3-13)21-26(24,25)16-8-4-14(5-9-16)18(22)23/h2-11,21H,1H3,(H,22,23). The molecule has 0 spiro atoms. The number of carboxylic acids is 1. The predicted octanol–water partition coefficient (Wildman–Crippen LogP) is 2.95. The summed E-state index contributed by atoms with van der Waals surface area (Å²) in [6, 6.07) is 13.5. The van der Waals surface area contributed by atoms with Crippen LogP contribution in [0.1, 0.15) is 16.1 Å². The summed E-state index contributed by atoms with van der Waals surface area (Å²) in [5.41, 5.74) is 2.00. The van der Waals surface area contributed by atoms with Crippen molar-refractivity contribution >= 4 is 21.7 Å². The number of benzene rings is 2. The van der Waals surface area contributed by atoms with Gasteiger partial charge in [0.05, 0.1) is 10.5 Å². The first-order valence-electron chi connectivity index (χ1n) is 7.61. The molecule has 0 amide bonds. The van der Waals surface area contributed by atoms with Crippen LogP contribution >= 0.6 is 0 Å². The van der Waals surface area contributed by atoms with Crippen LogP contribution in [0.3, 0.4) is 0 Å². The van der Waals surface area contributed by atoms with Crippen molar-refractivity contribution in [2.75, 3.05) is 4.72 Å². The van der Waals surface area contributed by atoms with Gasteiger partial charge in [0.15, 0.2) is 5.82 Å². The number of hydrogen-bond donors (Lipinski definition) is 2. The van der Waals surface area contributed by atoms with Crippen LogP contribution in [0.25, 0.3) is 11.4 Å². The Balaban J connectivity index is 1.80. The maximum Gasteiger partial charge on any atom is 0.335 e. The number of rotatable bonds is 5. The molecule has 2 N–H and O–H groups in total. The Morgan fingerprint density at radius 3 is 2.23 bits per heavy atom. The fourth-order valence-corrected chi connectivity index (χ4v) is 3.32. The lowest BCUT2D eigenvalue weighted by Crippen LogP contribution is -2.13. The van der Waals surface area contributed by atoms with Crippen LogP contribution in [0.5, 0.6) is 0 Å². The molecule has 0 fully saturated rings. The molecule has 3 rings (SSSR count). The molecule has 0 bridgehead atoms. The summed E-state index contributed by atoms with van der Waals surface area (Å²) in [7, 11) is -3.81. The van der Waals surface area contributed by atoms with E-state index in [-0.39, 0.29) is 10.5 Å². The molecule has 1 aromatic heterocycles. The molecule has 3 aromatic rings. The summed E-state index contributed by atoms with van der Waals surface area (Å²) >= 11 is 0. The number of sulfonamides is 1. The molecule has 1 heterocycles. The van der Waals surface area contributed by atoms with Crippen LogP contribution in [0.4, 0.5) is 5.69 Å². The molecule has 8 heteroatoms. The second-order valence-corrected chi connectivity index (χ2v) is 7.22. The number of aryl methyl sites for hydroxylation is 1. The lowest BCUT2D eigenvalue weighted by atomic mass is 10.2. The van der Waals surface area contributed by atoms with Gasteiger partial charge in [-0.05, 0) is 61.5 Å². The molecule has 132 valence electrons. The van der Waals surface area contributed by atoms with E-state index in [1.807, 2.05) is 6.92 Å². The number of anilines is 1. The minimum atomic E-state index is -3.81. The zero-order chi connectivity index (χ0) is 18.7. The van der Waals surface area contributed by atoms with E-state index in [9.17, 15) is 13.2 Å². The third-order valence-electron chi connectivity index (χ3n) is 3.60. The van der Waals surface area contributed by atoms with Gasteiger partial charge in [0.2, 0.25) is 0 Å². The molecule has 0 aliphatic rings. The number of nitrogens with one attached hydrogen (secondary N) is 1. The van der Waals surface area contributed by atoms with E-state index in [0.29, 0.717) is 11.5 Å². The topological polar surface area (TPSA) is 109 Å². The predicted molar refractivity (Wildman–Crippen MR) is 96.4 cm³/mol. The minimum Gasteiger partial charge on any atom is -0.478 e. The van der Waals surface area contributed by atoms with E-state index in [1.54, 1.807) is 36.5 Å². The Kier molecular flexibility index (Phi) is 4.68. The van der Waals surface area contributed by atoms with Crippen molar-refractivity contribution in [3.8, 4) is 11.4 Å². The monoisotopic (exact) mass is 369 g/mol. The third kappa shape index (κ3) is 3.86. The van der Waals surface area contributed by atoms with Crippen molar-refractivity contribution in [3.05, 3.63) is 72.1 Å². The Hall–Kier alpha value is -3.26. The first-order chi connectivity index (χ1) is 12.3. The van der Waals surface area contributed by atoms with Gasteiger partial charge in [-0.15, -0.1) is 0 Å². The van der Waals surface area contributed by atoms with E-state index < -0.39 is 16.0 Å². The fourth-order valence-electron chi connectivity index (χ4n) is 2.27. The number of aromatic nitrogens is 2. The van der Waals surface area contributed by atoms with Crippen molar-refractivity contribution in [1.82, 2.24) is 9.97 Å². The number of carboxylic acid groups (broad SMARTS) is 1. The highest BCUT2D eigenvalue weighted by Gasteiger charge is 2.15. The molecule has 26 heavy (non-hydrogen) atoms. The van der Waals surface area contributed by atoms with Gasteiger partial charge in [-0.1, -0.05) is 0 Å². The van der Waals surface area contributed by atoms with E-state index in [0.717, 1.165) is 11.3 Å². The maximum atomic E-state index is 12.4. The molecule has 0 radical (unpaired) electrons. The fraction of sp³-hybridized carbons (Fsp3) is 0.0556. The molecule has 7 nitrogen and oxygen atoms in total. The Bertz CT molecular complexity index is 1050. The molecule has 0 saturated heterocycles. The van der Waals surface area contributed by atoms with Crippen LogP contribution in [0, 0.1) is 6.92 Å². The Morgan fingerprint density at radius 2 is 1.65 bits per heavy atom. The van der Waals surface area contributed by atoms with Crippen LogP contribution in [0.2, 0.25) is 0 Å². The molecule has 2 aromatic carbocycles. The summed E-state index contributed by atoms with van der Waals surface area (Å²) in [4.78, 5) is 19.3. The number of aromatic carboxylic acids is 1. The quantitative estimate of drug-likeness (QED) is 0.716. The van der Waals surface area contributed by atoms with Gasteiger partial charge in [-0.3, -0.25) is 4.72 Å². The van der Waals surface area contributed by atoms with Gasteiger partial charge in [-0.25, -0.2) is 23.2 Å². The summed E-state index contributed by atoms with van der Waals surface area (Å²) < 4.78 is 27.3. The lowest BCUT2D eigenvalue weighted by Gasteiger charge is -2.09. The zero-order valence-electron chi connectivity index (χ0n) is 13.7. The van der Waals surface area contributed by atoms with Crippen LogP contribution in [0.15, 0.2) is 65.7 Å². The number of nitrogens with zero attached hydrogens (tertiary/aromatic N) is 2. The highest BCUT2D eigenvalue weighted by Crippen LogP contribution is 2.21. The van der Waals surface area contributed by atoms with E-state index in [2.05, 4.69) is 14.7 Å². The minimum absolute atomic E-state index is 0.0198. The molecule has 0 atom stereocenters. The van der Waals surface area contributed by atoms with Crippen molar-refractivity contribution in [3.63, 3.8) is 0 Å². The van der Waals surface area contributed by atoms with Gasteiger partial charge in [0.1, 0.15) is 0 Å². The lowest BCUT2D eigenvalue weighted by molar-refractivity contribution is 0.0696. The smallest absolute Gasteiger partial charge is 0.335 e. The average molecular weight is 369 g/mol. The van der Waals surface area contributed by atoms with Crippen molar-refractivity contribution in [2.45, 2.75) is 11.8 Å². The molecule has 0 saturated carbocycles. The third-order valence-corrected chi connectivity index (χ3v) is 5.00. The number of carbonyl (C=O) groups is 1. The van der Waals surface area contributed by atoms with Gasteiger partial charge >= 0.3 is 5.97 Å². The molecular weight excluding hydrogens is 354 g/mol. The average Bonchev–Trinajstić information content (AvgIpc) is 2.62. The molecular formula is C18H15N3O4S. The molecule has 0 aliphatic carbocycles. The highest BCUT2D eigenvalue weighted by molar-refractivity contribution is 7.92.